The highest BCUT2D eigenvalue weighted by atomic mass is 16.3. The molecule has 3 rings (SSSR count). The Labute approximate surface area is 122 Å². The van der Waals surface area contributed by atoms with Crippen LogP contribution in [0.5, 0.6) is 0 Å². The van der Waals surface area contributed by atoms with Crippen LogP contribution in [0.3, 0.4) is 0 Å². The van der Waals surface area contributed by atoms with Crippen molar-refractivity contribution >= 4 is 11.9 Å². The van der Waals surface area contributed by atoms with Gasteiger partial charge in [-0.25, -0.2) is 0 Å². The van der Waals surface area contributed by atoms with E-state index >= 15 is 0 Å². The third-order valence-corrected chi connectivity index (χ3v) is 3.88. The van der Waals surface area contributed by atoms with Crippen LogP contribution in [-0.2, 0) is 0 Å². The molecule has 1 saturated carbocycles. The second kappa shape index (κ2) is 5.10. The van der Waals surface area contributed by atoms with Gasteiger partial charge in [0.05, 0.1) is 11.8 Å². The Morgan fingerprint density at radius 1 is 1.43 bits per heavy atom. The van der Waals surface area contributed by atoms with E-state index in [9.17, 15) is 10.1 Å². The van der Waals surface area contributed by atoms with Crippen LogP contribution in [-0.4, -0.2) is 5.78 Å². The maximum atomic E-state index is 12.3. The van der Waals surface area contributed by atoms with Crippen LogP contribution in [0.15, 0.2) is 38.9 Å². The molecule has 0 aromatic carbocycles. The number of hydrogen-bond acceptors (Lipinski definition) is 4. The van der Waals surface area contributed by atoms with E-state index in [0.29, 0.717) is 28.9 Å². The Balaban J connectivity index is 1.86. The van der Waals surface area contributed by atoms with Gasteiger partial charge in [0.1, 0.15) is 28.9 Å². The van der Waals surface area contributed by atoms with Crippen molar-refractivity contribution in [3.8, 4) is 6.07 Å². The molecule has 4 heteroatoms. The van der Waals surface area contributed by atoms with Crippen LogP contribution in [0.1, 0.15) is 46.9 Å². The standard InChI is InChI=1S/C17H15NO3/c1-10-7-15(10)16-4-3-13(21-16)8-12(9-18)17(19)14-5-6-20-11(14)2/h3-6,8,10,15H,7H2,1-2H3/b12-8+/t10-,15+/m0/s1. The zero-order valence-corrected chi connectivity index (χ0v) is 11.9. The quantitative estimate of drug-likeness (QED) is 0.481. The first-order valence-corrected chi connectivity index (χ1v) is 6.90. The first-order chi connectivity index (χ1) is 10.1. The van der Waals surface area contributed by atoms with Crippen LogP contribution in [0, 0.1) is 24.2 Å². The molecule has 0 amide bonds. The molecule has 0 bridgehead atoms. The molecule has 1 aliphatic rings. The summed E-state index contributed by atoms with van der Waals surface area (Å²) < 4.78 is 10.8. The average molecular weight is 281 g/mol. The molecule has 2 heterocycles. The van der Waals surface area contributed by atoms with Crippen molar-refractivity contribution in [1.82, 2.24) is 0 Å². The Morgan fingerprint density at radius 2 is 2.19 bits per heavy atom. The first kappa shape index (κ1) is 13.4. The van der Waals surface area contributed by atoms with Crippen molar-refractivity contribution in [2.75, 3.05) is 0 Å². The summed E-state index contributed by atoms with van der Waals surface area (Å²) in [5.74, 6) is 2.76. The molecule has 2 atom stereocenters. The van der Waals surface area contributed by atoms with Crippen LogP contribution >= 0.6 is 0 Å². The number of nitriles is 1. The first-order valence-electron chi connectivity index (χ1n) is 6.90. The summed E-state index contributed by atoms with van der Waals surface area (Å²) in [4.78, 5) is 12.3. The van der Waals surface area contributed by atoms with Gasteiger partial charge in [-0.15, -0.1) is 0 Å². The Kier molecular flexibility index (Phi) is 3.26. The Morgan fingerprint density at radius 3 is 2.76 bits per heavy atom. The van der Waals surface area contributed by atoms with E-state index < -0.39 is 0 Å². The van der Waals surface area contributed by atoms with Gasteiger partial charge in [0.25, 0.3) is 0 Å². The average Bonchev–Trinajstić information content (AvgIpc) is 2.89. The highest BCUT2D eigenvalue weighted by Crippen LogP contribution is 2.47. The van der Waals surface area contributed by atoms with E-state index in [1.165, 1.54) is 12.3 Å². The van der Waals surface area contributed by atoms with Crippen molar-refractivity contribution in [2.24, 2.45) is 5.92 Å². The molecule has 106 valence electrons. The zero-order chi connectivity index (χ0) is 15.0. The van der Waals surface area contributed by atoms with E-state index in [1.54, 1.807) is 19.1 Å². The Hall–Kier alpha value is -2.54. The molecule has 0 unspecified atom stereocenters. The number of carbonyl (C=O) groups is 1. The third-order valence-electron chi connectivity index (χ3n) is 3.88. The van der Waals surface area contributed by atoms with Crippen LogP contribution in [0.25, 0.3) is 6.08 Å². The SMILES string of the molecule is Cc1occc1C(=O)/C(C#N)=C/c1ccc([C@@H]2C[C@@H]2C)o1. The molecule has 21 heavy (non-hydrogen) atoms. The van der Waals surface area contributed by atoms with E-state index in [-0.39, 0.29) is 11.4 Å². The van der Waals surface area contributed by atoms with Gasteiger partial charge in [0.15, 0.2) is 0 Å². The molecular weight excluding hydrogens is 266 g/mol. The lowest BCUT2D eigenvalue weighted by Crippen LogP contribution is -2.01. The molecular formula is C17H15NO3. The fourth-order valence-corrected chi connectivity index (χ4v) is 2.42. The molecule has 0 saturated heterocycles. The summed E-state index contributed by atoms with van der Waals surface area (Å²) in [6.45, 7) is 3.87. The highest BCUT2D eigenvalue weighted by Gasteiger charge is 2.36. The predicted molar refractivity (Wildman–Crippen MR) is 76.6 cm³/mol. The smallest absolute Gasteiger partial charge is 0.207 e. The zero-order valence-electron chi connectivity index (χ0n) is 11.9. The van der Waals surface area contributed by atoms with Gasteiger partial charge >= 0.3 is 0 Å². The second-order valence-corrected chi connectivity index (χ2v) is 5.45. The predicted octanol–water partition coefficient (Wildman–Crippen LogP) is 4.09. The van der Waals surface area contributed by atoms with E-state index in [1.807, 2.05) is 12.1 Å². The largest absolute Gasteiger partial charge is 0.469 e. The van der Waals surface area contributed by atoms with Gasteiger partial charge in [-0.05, 0) is 37.5 Å². The highest BCUT2D eigenvalue weighted by molar-refractivity contribution is 6.14. The second-order valence-electron chi connectivity index (χ2n) is 5.45. The van der Waals surface area contributed by atoms with Gasteiger partial charge in [-0.1, -0.05) is 6.92 Å². The minimum Gasteiger partial charge on any atom is -0.469 e. The normalized spacial score (nSPS) is 21.1. The van der Waals surface area contributed by atoms with Gasteiger partial charge < -0.3 is 8.83 Å². The van der Waals surface area contributed by atoms with Gasteiger partial charge in [-0.2, -0.15) is 5.26 Å². The molecule has 1 fully saturated rings. The summed E-state index contributed by atoms with van der Waals surface area (Å²) >= 11 is 0. The van der Waals surface area contributed by atoms with E-state index in [4.69, 9.17) is 8.83 Å². The summed E-state index contributed by atoms with van der Waals surface area (Å²) in [7, 11) is 0. The number of nitrogens with zero attached hydrogens (tertiary/aromatic N) is 1. The molecule has 0 N–H and O–H groups in total. The number of rotatable bonds is 4. The lowest BCUT2D eigenvalue weighted by molar-refractivity contribution is 0.103. The lowest BCUT2D eigenvalue weighted by atomic mass is 10.0. The fraction of sp³-hybridized carbons (Fsp3) is 0.294. The molecule has 2 aromatic heterocycles. The van der Waals surface area contributed by atoms with Crippen molar-refractivity contribution in [1.29, 1.82) is 5.26 Å². The molecule has 0 spiro atoms. The molecule has 1 aliphatic carbocycles. The van der Waals surface area contributed by atoms with Crippen molar-refractivity contribution < 1.29 is 13.6 Å². The van der Waals surface area contributed by atoms with Gasteiger partial charge in [-0.3, -0.25) is 4.79 Å². The van der Waals surface area contributed by atoms with Crippen molar-refractivity contribution in [3.63, 3.8) is 0 Å². The third kappa shape index (κ3) is 2.55. The topological polar surface area (TPSA) is 67.1 Å². The summed E-state index contributed by atoms with van der Waals surface area (Å²) in [5, 5.41) is 9.21. The number of carbonyl (C=O) groups excluding carboxylic acids is 1. The number of Topliss-reactive ketones (excluding diaryl/α,β-unsaturated/α-hetero) is 1. The minimum atomic E-state index is -0.346. The minimum absolute atomic E-state index is 0.0456. The molecule has 0 aliphatic heterocycles. The maximum absolute atomic E-state index is 12.3. The number of hydrogen-bond donors (Lipinski definition) is 0. The lowest BCUT2D eigenvalue weighted by Gasteiger charge is -1.96. The molecule has 4 nitrogen and oxygen atoms in total. The monoisotopic (exact) mass is 281 g/mol. The summed E-state index contributed by atoms with van der Waals surface area (Å²) in [6.07, 6.45) is 4.07. The van der Waals surface area contributed by atoms with Crippen LogP contribution in [0.2, 0.25) is 0 Å². The van der Waals surface area contributed by atoms with Crippen molar-refractivity contribution in [3.05, 3.63) is 52.9 Å². The molecule has 0 radical (unpaired) electrons. The van der Waals surface area contributed by atoms with E-state index in [2.05, 4.69) is 6.92 Å². The molecule has 2 aromatic rings. The number of aryl methyl sites for hydroxylation is 1. The van der Waals surface area contributed by atoms with E-state index in [0.717, 1.165) is 12.2 Å². The summed E-state index contributed by atoms with van der Waals surface area (Å²) in [6, 6.07) is 7.23. The van der Waals surface area contributed by atoms with Crippen molar-refractivity contribution in [2.45, 2.75) is 26.2 Å². The summed E-state index contributed by atoms with van der Waals surface area (Å²) in [5.41, 5.74) is 0.453. The number of ketones is 1. The maximum Gasteiger partial charge on any atom is 0.207 e. The number of allylic oxidation sites excluding steroid dienone is 1. The van der Waals surface area contributed by atoms with Crippen LogP contribution in [0.4, 0.5) is 0 Å². The fourth-order valence-electron chi connectivity index (χ4n) is 2.42. The van der Waals surface area contributed by atoms with Crippen LogP contribution < -0.4 is 0 Å². The Bertz CT molecular complexity index is 757. The number of furan rings is 2. The van der Waals surface area contributed by atoms with Gasteiger partial charge in [0.2, 0.25) is 5.78 Å². The van der Waals surface area contributed by atoms with Gasteiger partial charge in [0, 0.05) is 12.0 Å².